The highest BCUT2D eigenvalue weighted by Gasteiger charge is 2.09. The number of nitrogens with zero attached hydrogens (tertiary/aromatic N) is 3. The van der Waals surface area contributed by atoms with Crippen LogP contribution < -0.4 is 0 Å². The van der Waals surface area contributed by atoms with Gasteiger partial charge in [0.25, 0.3) is 0 Å². The SMILES string of the molecule is C=Cc1nc(-c2ccncc2CC)no1. The summed E-state index contributed by atoms with van der Waals surface area (Å²) in [6, 6.07) is 1.89. The fourth-order valence-electron chi connectivity index (χ4n) is 1.35. The smallest absolute Gasteiger partial charge is 0.250 e. The number of hydrogen-bond donors (Lipinski definition) is 0. The van der Waals surface area contributed by atoms with Crippen LogP contribution in [0.1, 0.15) is 18.4 Å². The molecule has 0 radical (unpaired) electrons. The topological polar surface area (TPSA) is 51.8 Å². The lowest BCUT2D eigenvalue weighted by Crippen LogP contribution is -1.90. The van der Waals surface area contributed by atoms with Crippen molar-refractivity contribution in [3.05, 3.63) is 36.5 Å². The zero-order valence-corrected chi connectivity index (χ0v) is 8.47. The van der Waals surface area contributed by atoms with Crippen molar-refractivity contribution in [2.24, 2.45) is 0 Å². The predicted octanol–water partition coefficient (Wildman–Crippen LogP) is 2.34. The Morgan fingerprint density at radius 2 is 2.40 bits per heavy atom. The minimum Gasteiger partial charge on any atom is -0.334 e. The summed E-state index contributed by atoms with van der Waals surface area (Å²) in [5, 5.41) is 3.88. The summed E-state index contributed by atoms with van der Waals surface area (Å²) in [7, 11) is 0. The summed E-state index contributed by atoms with van der Waals surface area (Å²) in [4.78, 5) is 8.25. The average Bonchev–Trinajstić information content (AvgIpc) is 2.77. The molecule has 76 valence electrons. The van der Waals surface area contributed by atoms with Crippen molar-refractivity contribution >= 4 is 6.08 Å². The molecule has 2 aromatic heterocycles. The van der Waals surface area contributed by atoms with Gasteiger partial charge in [-0.05, 0) is 24.1 Å². The minimum absolute atomic E-state index is 0.434. The molecule has 0 bridgehead atoms. The summed E-state index contributed by atoms with van der Waals surface area (Å²) in [6.07, 6.45) is 5.96. The molecule has 4 nitrogen and oxygen atoms in total. The standard InChI is InChI=1S/C11H11N3O/c1-3-8-7-12-6-5-9(8)11-13-10(4-2)15-14-11/h4-7H,2-3H2,1H3. The maximum absolute atomic E-state index is 4.97. The molecule has 0 saturated heterocycles. The van der Waals surface area contributed by atoms with Crippen LogP contribution in [0.3, 0.4) is 0 Å². The van der Waals surface area contributed by atoms with Gasteiger partial charge in [0.2, 0.25) is 11.7 Å². The Labute approximate surface area is 87.7 Å². The van der Waals surface area contributed by atoms with Crippen molar-refractivity contribution in [2.45, 2.75) is 13.3 Å². The van der Waals surface area contributed by atoms with Crippen LogP contribution in [0.25, 0.3) is 17.5 Å². The predicted molar refractivity (Wildman–Crippen MR) is 57.0 cm³/mol. The summed E-state index contributed by atoms with van der Waals surface area (Å²) in [5.41, 5.74) is 2.07. The minimum atomic E-state index is 0.434. The van der Waals surface area contributed by atoms with E-state index in [1.807, 2.05) is 12.3 Å². The van der Waals surface area contributed by atoms with Gasteiger partial charge in [-0.1, -0.05) is 18.7 Å². The largest absolute Gasteiger partial charge is 0.334 e. The first-order chi connectivity index (χ1) is 7.35. The molecule has 0 aliphatic heterocycles. The van der Waals surface area contributed by atoms with Crippen molar-refractivity contribution in [1.82, 2.24) is 15.1 Å². The van der Waals surface area contributed by atoms with Gasteiger partial charge in [-0.25, -0.2) is 0 Å². The number of aryl methyl sites for hydroxylation is 1. The maximum atomic E-state index is 4.97. The summed E-state index contributed by atoms with van der Waals surface area (Å²) in [5.74, 6) is 1.02. The molecule has 0 saturated carbocycles. The second-order valence-corrected chi connectivity index (χ2v) is 3.05. The van der Waals surface area contributed by atoms with E-state index in [0.29, 0.717) is 11.7 Å². The van der Waals surface area contributed by atoms with Crippen molar-refractivity contribution < 1.29 is 4.52 Å². The maximum Gasteiger partial charge on any atom is 0.250 e. The molecule has 2 aromatic rings. The van der Waals surface area contributed by atoms with Gasteiger partial charge in [0.05, 0.1) is 0 Å². The second kappa shape index (κ2) is 4.04. The lowest BCUT2D eigenvalue weighted by Gasteiger charge is -2.00. The number of pyridine rings is 1. The van der Waals surface area contributed by atoms with E-state index in [4.69, 9.17) is 4.52 Å². The second-order valence-electron chi connectivity index (χ2n) is 3.05. The van der Waals surface area contributed by atoms with Gasteiger partial charge in [0, 0.05) is 18.0 Å². The van der Waals surface area contributed by atoms with E-state index >= 15 is 0 Å². The van der Waals surface area contributed by atoms with Crippen LogP contribution in [0.15, 0.2) is 29.6 Å². The molecule has 0 spiro atoms. The van der Waals surface area contributed by atoms with Crippen LogP contribution in [-0.4, -0.2) is 15.1 Å². The van der Waals surface area contributed by atoms with Crippen molar-refractivity contribution in [1.29, 1.82) is 0 Å². The Balaban J connectivity index is 2.48. The summed E-state index contributed by atoms with van der Waals surface area (Å²) in [6.45, 7) is 5.64. The lowest BCUT2D eigenvalue weighted by atomic mass is 10.1. The molecule has 0 N–H and O–H groups in total. The van der Waals surface area contributed by atoms with Gasteiger partial charge in [-0.15, -0.1) is 0 Å². The van der Waals surface area contributed by atoms with E-state index < -0.39 is 0 Å². The van der Waals surface area contributed by atoms with Crippen LogP contribution in [0, 0.1) is 0 Å². The molecule has 2 heterocycles. The zero-order chi connectivity index (χ0) is 10.7. The van der Waals surface area contributed by atoms with Gasteiger partial charge in [-0.2, -0.15) is 4.98 Å². The molecule has 4 heteroatoms. The quantitative estimate of drug-likeness (QED) is 0.764. The third kappa shape index (κ3) is 1.79. The number of aromatic nitrogens is 3. The molecule has 0 aromatic carbocycles. The first kappa shape index (κ1) is 9.58. The van der Waals surface area contributed by atoms with Gasteiger partial charge < -0.3 is 4.52 Å². The molecule has 2 rings (SSSR count). The molecule has 0 aliphatic carbocycles. The molecule has 15 heavy (non-hydrogen) atoms. The van der Waals surface area contributed by atoms with Crippen LogP contribution >= 0.6 is 0 Å². The molecular weight excluding hydrogens is 190 g/mol. The summed E-state index contributed by atoms with van der Waals surface area (Å²) < 4.78 is 4.97. The third-order valence-corrected chi connectivity index (χ3v) is 2.14. The van der Waals surface area contributed by atoms with E-state index in [1.54, 1.807) is 6.20 Å². The fraction of sp³-hybridized carbons (Fsp3) is 0.182. The molecule has 0 aliphatic rings. The van der Waals surface area contributed by atoms with Crippen LogP contribution in [0.5, 0.6) is 0 Å². The highest BCUT2D eigenvalue weighted by Crippen LogP contribution is 2.20. The molecular formula is C11H11N3O. The van der Waals surface area contributed by atoms with Gasteiger partial charge in [0.1, 0.15) is 0 Å². The lowest BCUT2D eigenvalue weighted by molar-refractivity contribution is 0.411. The van der Waals surface area contributed by atoms with Gasteiger partial charge in [0.15, 0.2) is 0 Å². The third-order valence-electron chi connectivity index (χ3n) is 2.14. The monoisotopic (exact) mass is 201 g/mol. The molecule has 0 atom stereocenters. The molecule has 0 amide bonds. The van der Waals surface area contributed by atoms with E-state index in [-0.39, 0.29) is 0 Å². The van der Waals surface area contributed by atoms with E-state index in [0.717, 1.165) is 17.5 Å². The van der Waals surface area contributed by atoms with E-state index in [2.05, 4.69) is 28.6 Å². The highest BCUT2D eigenvalue weighted by molar-refractivity contribution is 5.59. The molecule has 0 unspecified atom stereocenters. The van der Waals surface area contributed by atoms with E-state index in [1.165, 1.54) is 6.08 Å². The van der Waals surface area contributed by atoms with Crippen LogP contribution in [0.4, 0.5) is 0 Å². The Bertz CT molecular complexity index is 476. The number of rotatable bonds is 3. The highest BCUT2D eigenvalue weighted by atomic mass is 16.5. The van der Waals surface area contributed by atoms with Crippen LogP contribution in [-0.2, 0) is 6.42 Å². The van der Waals surface area contributed by atoms with Gasteiger partial charge in [-0.3, -0.25) is 4.98 Å². The fourth-order valence-corrected chi connectivity index (χ4v) is 1.35. The van der Waals surface area contributed by atoms with Crippen molar-refractivity contribution in [2.75, 3.05) is 0 Å². The first-order valence-electron chi connectivity index (χ1n) is 4.74. The van der Waals surface area contributed by atoms with Crippen molar-refractivity contribution in [3.8, 4) is 11.4 Å². The summed E-state index contributed by atoms with van der Waals surface area (Å²) >= 11 is 0. The van der Waals surface area contributed by atoms with Crippen LogP contribution in [0.2, 0.25) is 0 Å². The molecule has 0 fully saturated rings. The normalized spacial score (nSPS) is 10.2. The Hall–Kier alpha value is -1.97. The number of hydrogen-bond acceptors (Lipinski definition) is 4. The van der Waals surface area contributed by atoms with Gasteiger partial charge >= 0.3 is 0 Å². The Kier molecular flexibility index (Phi) is 2.58. The average molecular weight is 201 g/mol. The van der Waals surface area contributed by atoms with E-state index in [9.17, 15) is 0 Å². The van der Waals surface area contributed by atoms with Crippen molar-refractivity contribution in [3.63, 3.8) is 0 Å². The Morgan fingerprint density at radius 1 is 1.53 bits per heavy atom. The zero-order valence-electron chi connectivity index (χ0n) is 8.47. The Morgan fingerprint density at radius 3 is 3.07 bits per heavy atom. The first-order valence-corrected chi connectivity index (χ1v) is 4.74.